The van der Waals surface area contributed by atoms with Crippen LogP contribution in [0.3, 0.4) is 0 Å². The van der Waals surface area contributed by atoms with Crippen LogP contribution in [0.25, 0.3) is 0 Å². The Labute approximate surface area is 123 Å². The minimum absolute atomic E-state index is 0.451. The second-order valence-electron chi connectivity index (χ2n) is 5.93. The fourth-order valence-electron chi connectivity index (χ4n) is 3.06. The molecule has 3 unspecified atom stereocenters. The molecule has 112 valence electrons. The van der Waals surface area contributed by atoms with Crippen LogP contribution in [0.4, 0.5) is 0 Å². The van der Waals surface area contributed by atoms with E-state index < -0.39 is 0 Å². The summed E-state index contributed by atoms with van der Waals surface area (Å²) in [6.45, 7) is 10.4. The number of likely N-dealkylation sites (tertiary alicyclic amines) is 1. The van der Waals surface area contributed by atoms with Gasteiger partial charge in [0.2, 0.25) is 0 Å². The largest absolute Gasteiger partial charge is 0.494 e. The Morgan fingerprint density at radius 3 is 2.65 bits per heavy atom. The van der Waals surface area contributed by atoms with Crippen LogP contribution in [0.2, 0.25) is 0 Å². The zero-order chi connectivity index (χ0) is 14.5. The number of nitrogens with two attached hydrogens (primary N) is 1. The average molecular weight is 276 g/mol. The van der Waals surface area contributed by atoms with E-state index in [-0.39, 0.29) is 0 Å². The number of rotatable bonds is 5. The standard InChI is InChI=1S/C17H28N2O/c1-4-20-17-7-5-15(6-8-17)14(3)19-10-9-13(2)16(11-18)12-19/h5-8,13-14,16H,4,9-12,18H2,1-3H3. The maximum absolute atomic E-state index is 5.90. The molecule has 2 N–H and O–H groups in total. The molecule has 1 heterocycles. The molecule has 1 fully saturated rings. The Hall–Kier alpha value is -1.06. The minimum atomic E-state index is 0.451. The van der Waals surface area contributed by atoms with Gasteiger partial charge in [0.25, 0.3) is 0 Å². The Balaban J connectivity index is 2.01. The molecule has 3 nitrogen and oxygen atoms in total. The van der Waals surface area contributed by atoms with Crippen molar-refractivity contribution in [3.8, 4) is 5.75 Å². The fourth-order valence-corrected chi connectivity index (χ4v) is 3.06. The van der Waals surface area contributed by atoms with Crippen molar-refractivity contribution in [1.82, 2.24) is 4.90 Å². The number of ether oxygens (including phenoxy) is 1. The molecule has 1 aromatic rings. The molecule has 0 aliphatic carbocycles. The van der Waals surface area contributed by atoms with Crippen LogP contribution in [-0.2, 0) is 0 Å². The van der Waals surface area contributed by atoms with Gasteiger partial charge in [-0.1, -0.05) is 19.1 Å². The summed E-state index contributed by atoms with van der Waals surface area (Å²) in [4.78, 5) is 2.56. The van der Waals surface area contributed by atoms with Crippen molar-refractivity contribution < 1.29 is 4.74 Å². The molecule has 0 aromatic heterocycles. The van der Waals surface area contributed by atoms with Gasteiger partial charge >= 0.3 is 0 Å². The van der Waals surface area contributed by atoms with Crippen molar-refractivity contribution in [3.63, 3.8) is 0 Å². The predicted molar refractivity (Wildman–Crippen MR) is 83.9 cm³/mol. The summed E-state index contributed by atoms with van der Waals surface area (Å²) in [7, 11) is 0. The monoisotopic (exact) mass is 276 g/mol. The molecule has 0 saturated carbocycles. The molecule has 1 aliphatic rings. The molecule has 1 aliphatic heterocycles. The number of hydrogen-bond donors (Lipinski definition) is 1. The average Bonchev–Trinajstić information content (AvgIpc) is 2.48. The van der Waals surface area contributed by atoms with Crippen molar-refractivity contribution in [2.75, 3.05) is 26.2 Å². The van der Waals surface area contributed by atoms with E-state index in [1.165, 1.54) is 18.5 Å². The number of nitrogens with zero attached hydrogens (tertiary/aromatic N) is 1. The van der Waals surface area contributed by atoms with Crippen LogP contribution >= 0.6 is 0 Å². The van der Waals surface area contributed by atoms with Gasteiger partial charge in [-0.25, -0.2) is 0 Å². The third-order valence-electron chi connectivity index (χ3n) is 4.67. The van der Waals surface area contributed by atoms with E-state index >= 15 is 0 Å². The molecule has 0 bridgehead atoms. The first kappa shape index (κ1) is 15.3. The van der Waals surface area contributed by atoms with E-state index in [0.29, 0.717) is 12.0 Å². The smallest absolute Gasteiger partial charge is 0.119 e. The van der Waals surface area contributed by atoms with Gasteiger partial charge in [-0.2, -0.15) is 0 Å². The van der Waals surface area contributed by atoms with Crippen LogP contribution in [0.5, 0.6) is 5.75 Å². The van der Waals surface area contributed by atoms with Gasteiger partial charge in [-0.15, -0.1) is 0 Å². The van der Waals surface area contributed by atoms with Crippen LogP contribution in [-0.4, -0.2) is 31.1 Å². The van der Waals surface area contributed by atoms with Crippen molar-refractivity contribution >= 4 is 0 Å². The highest BCUT2D eigenvalue weighted by molar-refractivity contribution is 5.29. The summed E-state index contributed by atoms with van der Waals surface area (Å²) in [5, 5.41) is 0. The second kappa shape index (κ2) is 7.09. The molecular weight excluding hydrogens is 248 g/mol. The predicted octanol–water partition coefficient (Wildman–Crippen LogP) is 3.06. The van der Waals surface area contributed by atoms with Crippen LogP contribution in [0.15, 0.2) is 24.3 Å². The summed E-state index contributed by atoms with van der Waals surface area (Å²) in [6, 6.07) is 8.97. The van der Waals surface area contributed by atoms with Crippen LogP contribution in [0.1, 0.15) is 38.8 Å². The lowest BCUT2D eigenvalue weighted by Gasteiger charge is -2.40. The molecule has 3 heteroatoms. The second-order valence-corrected chi connectivity index (χ2v) is 5.93. The maximum atomic E-state index is 5.90. The zero-order valence-electron chi connectivity index (χ0n) is 13.0. The number of hydrogen-bond acceptors (Lipinski definition) is 3. The quantitative estimate of drug-likeness (QED) is 0.898. The lowest BCUT2D eigenvalue weighted by atomic mass is 9.86. The normalized spacial score (nSPS) is 25.4. The molecule has 0 radical (unpaired) electrons. The molecule has 1 aromatic carbocycles. The van der Waals surface area contributed by atoms with Gasteiger partial charge < -0.3 is 10.5 Å². The Morgan fingerprint density at radius 2 is 2.05 bits per heavy atom. The topological polar surface area (TPSA) is 38.5 Å². The van der Waals surface area contributed by atoms with E-state index in [9.17, 15) is 0 Å². The first-order valence-corrected chi connectivity index (χ1v) is 7.82. The first-order chi connectivity index (χ1) is 9.65. The molecular formula is C17H28N2O. The Morgan fingerprint density at radius 1 is 1.35 bits per heavy atom. The van der Waals surface area contributed by atoms with Crippen molar-refractivity contribution in [3.05, 3.63) is 29.8 Å². The maximum Gasteiger partial charge on any atom is 0.119 e. The van der Waals surface area contributed by atoms with Gasteiger partial charge in [0.15, 0.2) is 0 Å². The SMILES string of the molecule is CCOc1ccc(C(C)N2CCC(C)C(CN)C2)cc1. The summed E-state index contributed by atoms with van der Waals surface area (Å²) >= 11 is 0. The summed E-state index contributed by atoms with van der Waals surface area (Å²) in [5.74, 6) is 2.34. The Bertz CT molecular complexity index is 404. The van der Waals surface area contributed by atoms with Gasteiger partial charge in [0.05, 0.1) is 6.61 Å². The molecule has 20 heavy (non-hydrogen) atoms. The summed E-state index contributed by atoms with van der Waals surface area (Å²) in [5.41, 5.74) is 7.26. The van der Waals surface area contributed by atoms with E-state index in [2.05, 4.69) is 43.0 Å². The molecule has 0 spiro atoms. The van der Waals surface area contributed by atoms with E-state index in [0.717, 1.165) is 31.4 Å². The minimum Gasteiger partial charge on any atom is -0.494 e. The number of piperidine rings is 1. The third kappa shape index (κ3) is 3.53. The Kier molecular flexibility index (Phi) is 5.44. The van der Waals surface area contributed by atoms with E-state index in [1.54, 1.807) is 0 Å². The van der Waals surface area contributed by atoms with Crippen molar-refractivity contribution in [2.45, 2.75) is 33.2 Å². The highest BCUT2D eigenvalue weighted by atomic mass is 16.5. The van der Waals surface area contributed by atoms with Crippen molar-refractivity contribution in [1.29, 1.82) is 0 Å². The van der Waals surface area contributed by atoms with Gasteiger partial charge in [-0.3, -0.25) is 4.90 Å². The highest BCUT2D eigenvalue weighted by Crippen LogP contribution is 2.30. The molecule has 3 atom stereocenters. The van der Waals surface area contributed by atoms with Gasteiger partial charge in [-0.05, 0) is 62.9 Å². The molecule has 1 saturated heterocycles. The van der Waals surface area contributed by atoms with Crippen LogP contribution < -0.4 is 10.5 Å². The van der Waals surface area contributed by atoms with Crippen molar-refractivity contribution in [2.24, 2.45) is 17.6 Å². The number of benzene rings is 1. The summed E-state index contributed by atoms with van der Waals surface area (Å²) < 4.78 is 5.50. The van der Waals surface area contributed by atoms with Crippen LogP contribution in [0, 0.1) is 11.8 Å². The first-order valence-electron chi connectivity index (χ1n) is 7.82. The zero-order valence-corrected chi connectivity index (χ0v) is 13.0. The molecule has 0 amide bonds. The van der Waals surface area contributed by atoms with Gasteiger partial charge in [0, 0.05) is 12.6 Å². The molecule has 2 rings (SSSR count). The fraction of sp³-hybridized carbons (Fsp3) is 0.647. The van der Waals surface area contributed by atoms with Gasteiger partial charge in [0.1, 0.15) is 5.75 Å². The highest BCUT2D eigenvalue weighted by Gasteiger charge is 2.28. The van der Waals surface area contributed by atoms with E-state index in [4.69, 9.17) is 10.5 Å². The lowest BCUT2D eigenvalue weighted by molar-refractivity contribution is 0.0978. The third-order valence-corrected chi connectivity index (χ3v) is 4.67. The summed E-state index contributed by atoms with van der Waals surface area (Å²) in [6.07, 6.45) is 1.25. The van der Waals surface area contributed by atoms with E-state index in [1.807, 2.05) is 6.92 Å². The lowest BCUT2D eigenvalue weighted by Crippen LogP contribution is -2.43.